The minimum atomic E-state index is -0.229. The Kier molecular flexibility index (Phi) is 8.29. The molecule has 2 N–H and O–H groups in total. The van der Waals surface area contributed by atoms with Crippen LogP contribution in [0.15, 0.2) is 64.0 Å². The smallest absolute Gasteiger partial charge is 0.282 e. The lowest BCUT2D eigenvalue weighted by atomic mass is 9.86. The number of likely N-dealkylation sites (tertiary alicyclic amines) is 2. The summed E-state index contributed by atoms with van der Waals surface area (Å²) in [7, 11) is 3.80. The molecule has 0 aliphatic carbocycles. The lowest BCUT2D eigenvalue weighted by Crippen LogP contribution is -2.44. The molecule has 1 unspecified atom stereocenters. The van der Waals surface area contributed by atoms with E-state index in [1.54, 1.807) is 13.2 Å². The minimum absolute atomic E-state index is 0.146. The van der Waals surface area contributed by atoms with Gasteiger partial charge in [-0.1, -0.05) is 48.5 Å². The van der Waals surface area contributed by atoms with Crippen molar-refractivity contribution in [2.24, 2.45) is 7.05 Å². The van der Waals surface area contributed by atoms with Crippen LogP contribution in [0.5, 0.6) is 0 Å². The van der Waals surface area contributed by atoms with E-state index >= 15 is 0 Å². The molecule has 0 spiro atoms. The fourth-order valence-electron chi connectivity index (χ4n) is 6.57. The highest BCUT2D eigenvalue weighted by Crippen LogP contribution is 2.32. The largest absolute Gasteiger partial charge is 0.379 e. The van der Waals surface area contributed by atoms with Crippen LogP contribution < -0.4 is 16.2 Å². The van der Waals surface area contributed by atoms with Crippen LogP contribution in [0.4, 0.5) is 5.69 Å². The van der Waals surface area contributed by atoms with Crippen LogP contribution in [0, 0.1) is 0 Å². The summed E-state index contributed by atoms with van der Waals surface area (Å²) < 4.78 is 1.85. The third kappa shape index (κ3) is 6.21. The number of carbonyl (C=O) groups excluding carboxylic acids is 2. The maximum Gasteiger partial charge on any atom is 0.282 e. The zero-order valence-corrected chi connectivity index (χ0v) is 25.6. The minimum Gasteiger partial charge on any atom is -0.379 e. The Labute approximate surface area is 254 Å². The third-order valence-electron chi connectivity index (χ3n) is 8.93. The average Bonchev–Trinajstić information content (AvgIpc) is 2.95. The zero-order chi connectivity index (χ0) is 29.4. The van der Waals surface area contributed by atoms with Gasteiger partial charge in [-0.3, -0.25) is 24.6 Å². The molecule has 4 heterocycles. The second kappa shape index (κ2) is 12.1. The third-order valence-corrected chi connectivity index (χ3v) is 9.70. The van der Waals surface area contributed by atoms with Crippen molar-refractivity contribution < 1.29 is 9.59 Å². The van der Waals surface area contributed by atoms with Crippen LogP contribution >= 0.6 is 15.9 Å². The first-order chi connectivity index (χ1) is 20.2. The van der Waals surface area contributed by atoms with Crippen LogP contribution in [0.2, 0.25) is 0 Å². The van der Waals surface area contributed by atoms with Gasteiger partial charge in [0.25, 0.3) is 5.56 Å². The van der Waals surface area contributed by atoms with Crippen molar-refractivity contribution in [3.8, 4) is 0 Å². The molecule has 3 aromatic rings. The summed E-state index contributed by atoms with van der Waals surface area (Å²) in [5, 5.41) is 10.2. The molecule has 2 aromatic carbocycles. The van der Waals surface area contributed by atoms with Crippen LogP contribution in [0.3, 0.4) is 0 Å². The van der Waals surface area contributed by atoms with Crippen molar-refractivity contribution in [2.75, 3.05) is 38.5 Å². The van der Waals surface area contributed by atoms with E-state index in [4.69, 9.17) is 0 Å². The van der Waals surface area contributed by atoms with E-state index in [0.29, 0.717) is 29.2 Å². The number of halogens is 1. The predicted molar refractivity (Wildman–Crippen MR) is 165 cm³/mol. The monoisotopic (exact) mass is 632 g/mol. The molecule has 220 valence electrons. The van der Waals surface area contributed by atoms with E-state index in [1.807, 2.05) is 0 Å². The highest BCUT2D eigenvalue weighted by Gasteiger charge is 2.31. The predicted octanol–water partition coefficient (Wildman–Crippen LogP) is 3.56. The first kappa shape index (κ1) is 28.8. The lowest BCUT2D eigenvalue weighted by Gasteiger charge is -2.40. The second-order valence-electron chi connectivity index (χ2n) is 12.1. The van der Waals surface area contributed by atoms with Crippen LogP contribution in [0.25, 0.3) is 0 Å². The van der Waals surface area contributed by atoms with Gasteiger partial charge in [-0.05, 0) is 64.0 Å². The SMILES string of the molecule is CN1C[C@H](Nc2cnn(C)c(=O)c2Br)C[C@H](c2ccc(CN3CC(c4ccc(C5CCC(=O)NC5=O)cc4)C3)cc2)C1. The molecule has 0 bridgehead atoms. The number of aryl methyl sites for hydroxylation is 1. The molecule has 1 aromatic heterocycles. The summed E-state index contributed by atoms with van der Waals surface area (Å²) in [5.74, 6) is 0.322. The van der Waals surface area contributed by atoms with Gasteiger partial charge in [0.05, 0.1) is 17.8 Å². The number of hydrogen-bond donors (Lipinski definition) is 2. The first-order valence-corrected chi connectivity index (χ1v) is 15.4. The Bertz CT molecular complexity index is 1520. The topological polar surface area (TPSA) is 99.6 Å². The number of nitrogens with one attached hydrogen (secondary N) is 2. The molecule has 3 aliphatic rings. The van der Waals surface area contributed by atoms with Crippen molar-refractivity contribution in [1.82, 2.24) is 24.9 Å². The molecule has 0 saturated carbocycles. The molecule has 3 fully saturated rings. The van der Waals surface area contributed by atoms with Gasteiger partial charge in [-0.2, -0.15) is 5.10 Å². The molecular formula is C32H37BrN6O3. The van der Waals surface area contributed by atoms with E-state index in [2.05, 4.69) is 97.0 Å². The Balaban J connectivity index is 1.01. The average molecular weight is 634 g/mol. The Hall–Kier alpha value is -3.34. The van der Waals surface area contributed by atoms with Crippen molar-refractivity contribution >= 4 is 33.4 Å². The number of likely N-dealkylation sites (N-methyl/N-ethyl adjacent to an activating group) is 1. The summed E-state index contributed by atoms with van der Waals surface area (Å²) in [6.07, 6.45) is 3.68. The summed E-state index contributed by atoms with van der Waals surface area (Å²) in [6, 6.07) is 17.7. The van der Waals surface area contributed by atoms with Gasteiger partial charge >= 0.3 is 0 Å². The van der Waals surface area contributed by atoms with Gasteiger partial charge in [-0.25, -0.2) is 4.68 Å². The number of piperidine rings is 2. The fraction of sp³-hybridized carbons (Fsp3) is 0.438. The van der Waals surface area contributed by atoms with Crippen molar-refractivity contribution in [1.29, 1.82) is 0 Å². The van der Waals surface area contributed by atoms with E-state index in [1.165, 1.54) is 21.4 Å². The molecule has 2 amide bonds. The van der Waals surface area contributed by atoms with Gasteiger partial charge < -0.3 is 10.2 Å². The van der Waals surface area contributed by atoms with Crippen LogP contribution in [0.1, 0.15) is 59.3 Å². The maximum absolute atomic E-state index is 12.3. The molecule has 3 atom stereocenters. The number of hydrogen-bond acceptors (Lipinski definition) is 7. The van der Waals surface area contributed by atoms with Crippen molar-refractivity contribution in [2.45, 2.75) is 49.6 Å². The van der Waals surface area contributed by atoms with Crippen LogP contribution in [-0.4, -0.2) is 70.7 Å². The molecule has 10 heteroatoms. The quantitative estimate of drug-likeness (QED) is 0.384. The summed E-state index contributed by atoms with van der Waals surface area (Å²) in [6.45, 7) is 4.89. The number of aromatic nitrogens is 2. The molecule has 42 heavy (non-hydrogen) atoms. The van der Waals surface area contributed by atoms with Gasteiger partial charge in [0.2, 0.25) is 11.8 Å². The van der Waals surface area contributed by atoms with Gasteiger partial charge in [0.15, 0.2) is 0 Å². The number of nitrogens with zero attached hydrogens (tertiary/aromatic N) is 4. The fourth-order valence-corrected chi connectivity index (χ4v) is 7.05. The van der Waals surface area contributed by atoms with Crippen LogP contribution in [-0.2, 0) is 23.2 Å². The molecular weight excluding hydrogens is 596 g/mol. The van der Waals surface area contributed by atoms with E-state index in [-0.39, 0.29) is 29.3 Å². The summed E-state index contributed by atoms with van der Waals surface area (Å²) >= 11 is 3.43. The molecule has 9 nitrogen and oxygen atoms in total. The van der Waals surface area contributed by atoms with E-state index in [0.717, 1.165) is 50.4 Å². The van der Waals surface area contributed by atoms with Crippen molar-refractivity contribution in [3.05, 3.63) is 91.8 Å². The Morgan fingerprint density at radius 2 is 1.57 bits per heavy atom. The summed E-state index contributed by atoms with van der Waals surface area (Å²) in [4.78, 5) is 40.7. The summed E-state index contributed by atoms with van der Waals surface area (Å²) in [5.41, 5.74) is 5.55. The lowest BCUT2D eigenvalue weighted by molar-refractivity contribution is -0.134. The number of carbonyl (C=O) groups is 2. The van der Waals surface area contributed by atoms with E-state index in [9.17, 15) is 14.4 Å². The number of anilines is 1. The Morgan fingerprint density at radius 3 is 2.29 bits per heavy atom. The zero-order valence-electron chi connectivity index (χ0n) is 24.1. The first-order valence-electron chi connectivity index (χ1n) is 14.6. The standard InChI is InChI=1S/C32H37BrN6O3/c1-37-16-24(13-26(19-37)35-28-14-34-38(2)32(42)30(28)33)21-5-3-20(4-6-21)15-39-17-25(18-39)22-7-9-23(10-8-22)27-11-12-29(40)36-31(27)41/h3-10,14,24-27,35H,11-13,15-19H2,1-2H3,(H,36,40,41)/t24-,26+,27?/m0/s1. The van der Waals surface area contributed by atoms with Gasteiger partial charge in [0.1, 0.15) is 4.47 Å². The number of benzene rings is 2. The Morgan fingerprint density at radius 1 is 0.905 bits per heavy atom. The molecule has 0 radical (unpaired) electrons. The number of imide groups is 1. The maximum atomic E-state index is 12.3. The van der Waals surface area contributed by atoms with E-state index < -0.39 is 0 Å². The number of amides is 2. The molecule has 3 aliphatic heterocycles. The number of rotatable bonds is 7. The second-order valence-corrected chi connectivity index (χ2v) is 12.9. The van der Waals surface area contributed by atoms with Crippen molar-refractivity contribution in [3.63, 3.8) is 0 Å². The molecule has 6 rings (SSSR count). The van der Waals surface area contributed by atoms with Gasteiger partial charge in [0, 0.05) is 58.2 Å². The van der Waals surface area contributed by atoms with Gasteiger partial charge in [-0.15, -0.1) is 0 Å². The highest BCUT2D eigenvalue weighted by atomic mass is 79.9. The highest BCUT2D eigenvalue weighted by molar-refractivity contribution is 9.10. The molecule has 3 saturated heterocycles. The normalized spacial score (nSPS) is 23.8.